The van der Waals surface area contributed by atoms with Gasteiger partial charge in [-0.2, -0.15) is 13.2 Å². The van der Waals surface area contributed by atoms with Crippen LogP contribution in [0.2, 0.25) is 5.02 Å². The zero-order valence-electron chi connectivity index (χ0n) is 16.4. The number of hydrogen-bond donors (Lipinski definition) is 0. The highest BCUT2D eigenvalue weighted by Gasteiger charge is 2.70. The van der Waals surface area contributed by atoms with E-state index in [0.29, 0.717) is 19.3 Å². The van der Waals surface area contributed by atoms with Crippen LogP contribution in [0.1, 0.15) is 43.6 Å². The molecule has 0 aliphatic heterocycles. The van der Waals surface area contributed by atoms with Crippen LogP contribution in [0.5, 0.6) is 5.75 Å². The molecule has 0 unspecified atom stereocenters. The van der Waals surface area contributed by atoms with Crippen molar-refractivity contribution in [2.45, 2.75) is 44.7 Å². The maximum absolute atomic E-state index is 13.4. The van der Waals surface area contributed by atoms with Crippen LogP contribution in [-0.2, 0) is 22.2 Å². The van der Waals surface area contributed by atoms with E-state index in [1.54, 1.807) is 0 Å². The Morgan fingerprint density at radius 3 is 2.45 bits per heavy atom. The van der Waals surface area contributed by atoms with Gasteiger partial charge in [0.2, 0.25) is 5.76 Å². The fourth-order valence-corrected chi connectivity index (χ4v) is 4.97. The minimum atomic E-state index is -4.54. The molecule has 0 saturated heterocycles. The first-order valence-corrected chi connectivity index (χ1v) is 10.2. The average Bonchev–Trinajstić information content (AvgIpc) is 3.12. The summed E-state index contributed by atoms with van der Waals surface area (Å²) in [7, 11) is 0. The number of Topliss-reactive ketones (excluding diaryl/α,β-unsaturated/α-hetero) is 2. The topological polar surface area (TPSA) is 56.5 Å². The Morgan fingerprint density at radius 1 is 1.13 bits per heavy atom. The monoisotopic (exact) mass is 458 g/mol. The van der Waals surface area contributed by atoms with Crippen LogP contribution in [-0.4, -0.2) is 18.2 Å². The quantitative estimate of drug-likeness (QED) is 0.445. The van der Waals surface area contributed by atoms with E-state index in [1.807, 2.05) is 0 Å². The highest BCUT2D eigenvalue weighted by Crippen LogP contribution is 2.75. The molecule has 4 nitrogen and oxygen atoms in total. The Balaban J connectivity index is 1.21. The van der Waals surface area contributed by atoms with Crippen molar-refractivity contribution < 1.29 is 36.3 Å². The lowest BCUT2D eigenvalue weighted by Gasteiger charge is -2.70. The van der Waals surface area contributed by atoms with E-state index in [-0.39, 0.29) is 59.4 Å². The van der Waals surface area contributed by atoms with Gasteiger partial charge in [-0.3, -0.25) is 9.59 Å². The summed E-state index contributed by atoms with van der Waals surface area (Å²) in [4.78, 5) is 24.8. The minimum Gasteiger partial charge on any atom is -0.486 e. The first-order valence-electron chi connectivity index (χ1n) is 9.79. The Morgan fingerprint density at radius 2 is 1.84 bits per heavy atom. The molecule has 9 heteroatoms. The Hall–Kier alpha value is -2.35. The molecule has 31 heavy (non-hydrogen) atoms. The van der Waals surface area contributed by atoms with E-state index in [4.69, 9.17) is 20.8 Å². The van der Waals surface area contributed by atoms with Crippen molar-refractivity contribution in [3.8, 4) is 5.75 Å². The molecule has 0 N–H and O–H groups in total. The standard InChI is InChI=1S/C22H19ClF4O4/c23-16-4-1-15(7-17(16)24)30-9-13(28)8-20-10-21(11-20,12-20)18(29)5-2-14-3-6-19(31-14)22(25,26)27/h1,3-4,6-7H,2,5,8-12H2. The van der Waals surface area contributed by atoms with Gasteiger partial charge in [-0.15, -0.1) is 0 Å². The van der Waals surface area contributed by atoms with E-state index in [1.165, 1.54) is 18.2 Å². The van der Waals surface area contributed by atoms with Gasteiger partial charge in [0.15, 0.2) is 5.78 Å². The van der Waals surface area contributed by atoms with Crippen LogP contribution in [0.25, 0.3) is 0 Å². The number of benzene rings is 1. The first-order chi connectivity index (χ1) is 14.5. The lowest BCUT2D eigenvalue weighted by Crippen LogP contribution is -2.65. The van der Waals surface area contributed by atoms with Crippen molar-refractivity contribution in [2.75, 3.05) is 6.61 Å². The van der Waals surface area contributed by atoms with Crippen molar-refractivity contribution >= 4 is 23.2 Å². The smallest absolute Gasteiger partial charge is 0.449 e. The molecule has 1 aromatic carbocycles. The van der Waals surface area contributed by atoms with Crippen LogP contribution >= 0.6 is 11.6 Å². The third kappa shape index (κ3) is 4.35. The molecule has 0 spiro atoms. The van der Waals surface area contributed by atoms with E-state index in [2.05, 4.69) is 0 Å². The van der Waals surface area contributed by atoms with Gasteiger partial charge in [-0.25, -0.2) is 4.39 Å². The van der Waals surface area contributed by atoms with E-state index in [9.17, 15) is 27.2 Å². The Bertz CT molecular complexity index is 1010. The number of furan rings is 1. The molecule has 3 aliphatic rings. The van der Waals surface area contributed by atoms with Crippen molar-refractivity contribution in [3.63, 3.8) is 0 Å². The van der Waals surface area contributed by atoms with E-state index in [0.717, 1.165) is 12.1 Å². The molecule has 1 heterocycles. The number of rotatable bonds is 9. The molecular formula is C22H19ClF4O4. The normalized spacial score (nSPS) is 24.3. The largest absolute Gasteiger partial charge is 0.486 e. The van der Waals surface area contributed by atoms with Gasteiger partial charge in [-0.1, -0.05) is 11.6 Å². The molecule has 166 valence electrons. The molecule has 3 saturated carbocycles. The Kier molecular flexibility index (Phi) is 5.40. The summed E-state index contributed by atoms with van der Waals surface area (Å²) in [6.07, 6.45) is -2.22. The second-order valence-corrected chi connectivity index (χ2v) is 8.98. The number of hydrogen-bond acceptors (Lipinski definition) is 4. The molecule has 0 atom stereocenters. The summed E-state index contributed by atoms with van der Waals surface area (Å²) >= 11 is 5.60. The molecular weight excluding hydrogens is 440 g/mol. The maximum Gasteiger partial charge on any atom is 0.449 e. The van der Waals surface area contributed by atoms with Gasteiger partial charge in [0.1, 0.15) is 29.7 Å². The van der Waals surface area contributed by atoms with Gasteiger partial charge >= 0.3 is 6.18 Å². The number of halogens is 5. The van der Waals surface area contributed by atoms with Gasteiger partial charge in [0, 0.05) is 30.7 Å². The SMILES string of the molecule is O=C(COc1ccc(Cl)c(F)c1)CC12CC(C(=O)CCc3ccc(C(F)(F)F)o3)(C1)C2. The number of carbonyl (C=O) groups is 2. The lowest BCUT2D eigenvalue weighted by molar-refractivity contribution is -0.208. The van der Waals surface area contributed by atoms with Crippen LogP contribution in [0.4, 0.5) is 17.6 Å². The third-order valence-corrected chi connectivity index (χ3v) is 6.44. The molecule has 0 amide bonds. The highest BCUT2D eigenvalue weighted by molar-refractivity contribution is 6.30. The van der Waals surface area contributed by atoms with Crippen LogP contribution < -0.4 is 4.74 Å². The zero-order chi connectivity index (χ0) is 22.4. The van der Waals surface area contributed by atoms with Gasteiger partial charge in [0.05, 0.1) is 5.02 Å². The summed E-state index contributed by atoms with van der Waals surface area (Å²) in [5.41, 5.74) is -0.657. The first kappa shape index (κ1) is 21.9. The van der Waals surface area contributed by atoms with Crippen molar-refractivity contribution in [2.24, 2.45) is 10.8 Å². The number of ether oxygens (including phenoxy) is 1. The highest BCUT2D eigenvalue weighted by atomic mass is 35.5. The predicted octanol–water partition coefficient (Wildman–Crippen LogP) is 5.80. The third-order valence-electron chi connectivity index (χ3n) is 6.13. The second-order valence-electron chi connectivity index (χ2n) is 8.58. The predicted molar refractivity (Wildman–Crippen MR) is 102 cm³/mol. The van der Waals surface area contributed by atoms with Crippen LogP contribution in [0.15, 0.2) is 34.7 Å². The summed E-state index contributed by atoms with van der Waals surface area (Å²) in [5.74, 6) is -1.48. The van der Waals surface area contributed by atoms with Gasteiger partial charge < -0.3 is 9.15 Å². The number of alkyl halides is 3. The number of ketones is 2. The summed E-state index contributed by atoms with van der Waals surface area (Å²) in [6, 6.07) is 6.04. The molecule has 1 aromatic heterocycles. The van der Waals surface area contributed by atoms with Crippen molar-refractivity contribution in [1.29, 1.82) is 0 Å². The molecule has 2 bridgehead atoms. The van der Waals surface area contributed by atoms with Gasteiger partial charge in [0.25, 0.3) is 0 Å². The molecule has 0 radical (unpaired) electrons. The molecule has 3 fully saturated rings. The Labute approximate surface area is 180 Å². The zero-order valence-corrected chi connectivity index (χ0v) is 17.1. The average molecular weight is 459 g/mol. The van der Waals surface area contributed by atoms with E-state index >= 15 is 0 Å². The van der Waals surface area contributed by atoms with Crippen LogP contribution in [0, 0.1) is 16.6 Å². The van der Waals surface area contributed by atoms with Crippen molar-refractivity contribution in [1.82, 2.24) is 0 Å². The van der Waals surface area contributed by atoms with E-state index < -0.39 is 23.2 Å². The second kappa shape index (κ2) is 7.65. The summed E-state index contributed by atoms with van der Waals surface area (Å²) in [5, 5.41) is -0.0321. The molecule has 3 aliphatic carbocycles. The fraction of sp³-hybridized carbons (Fsp3) is 0.455. The fourth-order valence-electron chi connectivity index (χ4n) is 4.85. The molecule has 2 aromatic rings. The van der Waals surface area contributed by atoms with Crippen LogP contribution in [0.3, 0.4) is 0 Å². The molecule has 5 rings (SSSR count). The number of aryl methyl sites for hydroxylation is 1. The lowest BCUT2D eigenvalue weighted by atomic mass is 9.33. The van der Waals surface area contributed by atoms with Gasteiger partial charge in [-0.05, 0) is 48.9 Å². The number of carbonyl (C=O) groups excluding carboxylic acids is 2. The maximum atomic E-state index is 13.4. The minimum absolute atomic E-state index is 0.000304. The van der Waals surface area contributed by atoms with Crippen molar-refractivity contribution in [3.05, 3.63) is 52.7 Å². The summed E-state index contributed by atoms with van der Waals surface area (Å²) < 4.78 is 61.2. The summed E-state index contributed by atoms with van der Waals surface area (Å²) in [6.45, 7) is -0.191.